The molecule has 4 amide bonds. The molecule has 5 atom stereocenters. The molecule has 340 valence electrons. The summed E-state index contributed by atoms with van der Waals surface area (Å²) in [4.78, 5) is 67.9. The number of aromatic nitrogens is 2. The number of thiazole rings is 1. The Hall–Kier alpha value is -4.97. The van der Waals surface area contributed by atoms with E-state index in [0.29, 0.717) is 54.5 Å². The SMILES string of the molecule is C=C[C@H]1C[C@]1(NC(=O)[C@@H]1C[C@@H]2CN1C(=O)[C@H](C1CCCCC1)NC(=O)OCC(C)(C)CCCc1cc3c(cc(OCc4csc(C)n4)nc3cc1OC)O2)C(=O)NS(=O)(=O)C1CC1. The summed E-state index contributed by atoms with van der Waals surface area (Å²) in [6.07, 6.45) is 7.43. The second-order valence-electron chi connectivity index (χ2n) is 18.6. The fourth-order valence-electron chi connectivity index (χ4n) is 9.28. The number of alkyl carbamates (subject to hydrolysis) is 1. The molecule has 0 spiro atoms. The number of aryl methyl sites for hydroxylation is 2. The lowest BCUT2D eigenvalue weighted by Crippen LogP contribution is -2.59. The highest BCUT2D eigenvalue weighted by atomic mass is 32.2. The first-order chi connectivity index (χ1) is 30.1. The first-order valence-electron chi connectivity index (χ1n) is 22.0. The molecule has 3 N–H and O–H groups in total. The standard InChI is InChI=1S/C45H58N6O10S2/c1-6-29-21-45(29,42(54)50-63(56,57)32-14-15-32)49-40(52)35-18-31-22-51(35)41(53)39(27-11-8-7-9-12-27)48-43(55)60-25-44(3,4)16-10-13-28-17-33-34(19-36(28)58-5)47-38(20-37(33)61-31)59-23-30-24-62-26(2)46-30/h6,17,19-20,24,27,29,31-32,35,39H,1,7-16,18,21-23,25H2,2-5H3,(H,48,55)(H,49,52)(H,50,54)/t29-,31+,35-,39-,45+/m0/s1. The summed E-state index contributed by atoms with van der Waals surface area (Å²) in [6, 6.07) is 3.40. The van der Waals surface area contributed by atoms with Gasteiger partial charge in [0.2, 0.25) is 27.7 Å². The number of nitrogens with one attached hydrogen (secondary N) is 3. The zero-order valence-corrected chi connectivity index (χ0v) is 38.0. The Balaban J connectivity index is 1.17. The molecule has 4 fully saturated rings. The molecule has 8 rings (SSSR count). The van der Waals surface area contributed by atoms with Gasteiger partial charge in [0.1, 0.15) is 41.8 Å². The van der Waals surface area contributed by atoms with Gasteiger partial charge in [0.25, 0.3) is 5.91 Å². The van der Waals surface area contributed by atoms with E-state index >= 15 is 4.79 Å². The third-order valence-corrected chi connectivity index (χ3v) is 15.8. The molecule has 4 bridgehead atoms. The maximum atomic E-state index is 15.1. The predicted molar refractivity (Wildman–Crippen MR) is 235 cm³/mol. The van der Waals surface area contributed by atoms with Crippen molar-refractivity contribution in [2.45, 2.75) is 133 Å². The van der Waals surface area contributed by atoms with Gasteiger partial charge < -0.3 is 34.5 Å². The second kappa shape index (κ2) is 17.9. The summed E-state index contributed by atoms with van der Waals surface area (Å²) in [5.74, 6) is -1.36. The Labute approximate surface area is 372 Å². The van der Waals surface area contributed by atoms with Gasteiger partial charge in [-0.2, -0.15) is 0 Å². The average Bonchev–Trinajstić information content (AvgIpc) is 4.16. The molecule has 1 saturated heterocycles. The lowest BCUT2D eigenvalue weighted by atomic mass is 9.83. The van der Waals surface area contributed by atoms with Gasteiger partial charge in [0.05, 0.1) is 41.7 Å². The lowest BCUT2D eigenvalue weighted by Gasteiger charge is -2.35. The Morgan fingerprint density at radius 2 is 1.87 bits per heavy atom. The summed E-state index contributed by atoms with van der Waals surface area (Å²) < 4.78 is 52.7. The number of benzene rings is 1. The Bertz CT molecular complexity index is 2380. The normalized spacial score (nSPS) is 26.7. The summed E-state index contributed by atoms with van der Waals surface area (Å²) >= 11 is 1.52. The summed E-state index contributed by atoms with van der Waals surface area (Å²) in [6.45, 7) is 10.1. The third kappa shape index (κ3) is 9.91. The minimum absolute atomic E-state index is 0.0194. The number of nitrogens with zero attached hydrogens (tertiary/aromatic N) is 3. The monoisotopic (exact) mass is 906 g/mol. The lowest BCUT2D eigenvalue weighted by molar-refractivity contribution is -0.142. The maximum Gasteiger partial charge on any atom is 0.407 e. The quantitative estimate of drug-likeness (QED) is 0.200. The van der Waals surface area contributed by atoms with E-state index in [-0.39, 0.29) is 44.4 Å². The van der Waals surface area contributed by atoms with Gasteiger partial charge in [-0.3, -0.25) is 19.1 Å². The molecule has 0 radical (unpaired) electrons. The highest BCUT2D eigenvalue weighted by Crippen LogP contribution is 2.46. The topological polar surface area (TPSA) is 204 Å². The van der Waals surface area contributed by atoms with Gasteiger partial charge in [-0.25, -0.2) is 23.2 Å². The Kier molecular flexibility index (Phi) is 12.7. The third-order valence-electron chi connectivity index (χ3n) is 13.1. The molecule has 4 heterocycles. The highest BCUT2D eigenvalue weighted by molar-refractivity contribution is 7.91. The van der Waals surface area contributed by atoms with E-state index in [9.17, 15) is 22.8 Å². The molecule has 18 heteroatoms. The van der Waals surface area contributed by atoms with Crippen LogP contribution in [0.1, 0.15) is 101 Å². The van der Waals surface area contributed by atoms with E-state index in [1.165, 1.54) is 22.3 Å². The van der Waals surface area contributed by atoms with Crippen molar-refractivity contribution in [1.82, 2.24) is 30.2 Å². The number of fused-ring (bicyclic) bond motifs is 3. The number of carbonyl (C=O) groups is 4. The first kappa shape index (κ1) is 44.6. The van der Waals surface area contributed by atoms with Crippen molar-refractivity contribution < 1.29 is 46.5 Å². The number of amides is 4. The molecule has 63 heavy (non-hydrogen) atoms. The van der Waals surface area contributed by atoms with Gasteiger partial charge in [-0.15, -0.1) is 17.9 Å². The second-order valence-corrected chi connectivity index (χ2v) is 21.6. The first-order valence-corrected chi connectivity index (χ1v) is 24.5. The number of hydrogen-bond acceptors (Lipinski definition) is 13. The summed E-state index contributed by atoms with van der Waals surface area (Å²) in [7, 11) is -2.32. The molecule has 3 saturated carbocycles. The number of cyclic esters (lactones) is 1. The molecule has 5 aliphatic rings. The summed E-state index contributed by atoms with van der Waals surface area (Å²) in [5.41, 5.74) is 0.257. The van der Waals surface area contributed by atoms with Gasteiger partial charge in [-0.1, -0.05) is 39.2 Å². The Morgan fingerprint density at radius 3 is 2.56 bits per heavy atom. The minimum atomic E-state index is -3.93. The van der Waals surface area contributed by atoms with E-state index in [0.717, 1.165) is 48.4 Å². The number of ether oxygens (including phenoxy) is 4. The van der Waals surface area contributed by atoms with E-state index in [1.807, 2.05) is 38.3 Å². The van der Waals surface area contributed by atoms with Gasteiger partial charge in [-0.05, 0) is 81.3 Å². The molecular weight excluding hydrogens is 849 g/mol. The zero-order valence-electron chi connectivity index (χ0n) is 36.4. The predicted octanol–water partition coefficient (Wildman–Crippen LogP) is 5.64. The van der Waals surface area contributed by atoms with Crippen LogP contribution in [-0.4, -0.2) is 96.3 Å². The van der Waals surface area contributed by atoms with Crippen LogP contribution >= 0.6 is 11.3 Å². The van der Waals surface area contributed by atoms with Crippen molar-refractivity contribution in [2.75, 3.05) is 20.3 Å². The van der Waals surface area contributed by atoms with Crippen LogP contribution in [0, 0.1) is 24.2 Å². The average molecular weight is 907 g/mol. The minimum Gasteiger partial charge on any atom is -0.496 e. The van der Waals surface area contributed by atoms with E-state index in [1.54, 1.807) is 13.2 Å². The fraction of sp³-hybridized carbons (Fsp3) is 0.600. The molecule has 0 unspecified atom stereocenters. The van der Waals surface area contributed by atoms with E-state index < -0.39 is 74.1 Å². The molecule has 2 aliphatic heterocycles. The molecular formula is C45H58N6O10S2. The Morgan fingerprint density at radius 1 is 1.10 bits per heavy atom. The van der Waals surface area contributed by atoms with Crippen LogP contribution in [0.4, 0.5) is 4.79 Å². The largest absolute Gasteiger partial charge is 0.496 e. The van der Waals surface area contributed by atoms with Crippen LogP contribution in [0.25, 0.3) is 10.9 Å². The van der Waals surface area contributed by atoms with E-state index in [2.05, 4.69) is 26.9 Å². The van der Waals surface area contributed by atoms with Crippen molar-refractivity contribution in [3.8, 4) is 17.4 Å². The number of carbonyl (C=O) groups excluding carboxylic acids is 4. The van der Waals surface area contributed by atoms with E-state index in [4.69, 9.17) is 23.9 Å². The van der Waals surface area contributed by atoms with Crippen LogP contribution in [0.15, 0.2) is 36.2 Å². The van der Waals surface area contributed by atoms with Crippen molar-refractivity contribution in [2.24, 2.45) is 17.3 Å². The van der Waals surface area contributed by atoms with Crippen LogP contribution in [0.5, 0.6) is 17.4 Å². The van der Waals surface area contributed by atoms with Crippen LogP contribution < -0.4 is 29.6 Å². The molecule has 2 aromatic heterocycles. The van der Waals surface area contributed by atoms with Gasteiger partial charge >= 0.3 is 6.09 Å². The van der Waals surface area contributed by atoms with Gasteiger partial charge in [0.15, 0.2) is 0 Å². The number of methoxy groups -OCH3 is 1. The van der Waals surface area contributed by atoms with Crippen LogP contribution in [-0.2, 0) is 42.2 Å². The number of rotatable bonds is 11. The fourth-order valence-corrected chi connectivity index (χ4v) is 11.2. The van der Waals surface area contributed by atoms with Crippen molar-refractivity contribution in [3.05, 3.63) is 52.5 Å². The number of sulfonamides is 1. The molecule has 3 aromatic rings. The molecule has 3 aliphatic carbocycles. The number of hydrogen-bond donors (Lipinski definition) is 3. The number of pyridine rings is 1. The molecule has 16 nitrogen and oxygen atoms in total. The van der Waals surface area contributed by atoms with Crippen LogP contribution in [0.2, 0.25) is 0 Å². The van der Waals surface area contributed by atoms with Gasteiger partial charge in [0, 0.05) is 35.2 Å². The maximum absolute atomic E-state index is 15.1. The van der Waals surface area contributed by atoms with Crippen molar-refractivity contribution >= 4 is 56.1 Å². The molecule has 1 aromatic carbocycles. The smallest absolute Gasteiger partial charge is 0.407 e. The van der Waals surface area contributed by atoms with Crippen molar-refractivity contribution in [1.29, 1.82) is 0 Å². The van der Waals surface area contributed by atoms with Crippen molar-refractivity contribution in [3.63, 3.8) is 0 Å². The zero-order chi connectivity index (χ0) is 44.7. The summed E-state index contributed by atoms with van der Waals surface area (Å²) in [5, 5.41) is 8.64. The van der Waals surface area contributed by atoms with Crippen LogP contribution in [0.3, 0.4) is 0 Å². The highest BCUT2D eigenvalue weighted by Gasteiger charge is 2.62.